The number of aryl methyl sites for hydroxylation is 1. The molecule has 0 spiro atoms. The van der Waals surface area contributed by atoms with Crippen LogP contribution < -0.4 is 5.32 Å². The van der Waals surface area contributed by atoms with Crippen molar-refractivity contribution in [2.45, 2.75) is 6.04 Å². The van der Waals surface area contributed by atoms with E-state index in [0.717, 1.165) is 5.56 Å². The van der Waals surface area contributed by atoms with E-state index in [4.69, 9.17) is 0 Å². The second-order valence-electron chi connectivity index (χ2n) is 5.22. The highest BCUT2D eigenvalue weighted by molar-refractivity contribution is 5.94. The van der Waals surface area contributed by atoms with Crippen LogP contribution in [0.25, 0.3) is 0 Å². The molecule has 0 saturated carbocycles. The highest BCUT2D eigenvalue weighted by atomic mass is 19.1. The van der Waals surface area contributed by atoms with Crippen molar-refractivity contribution in [3.63, 3.8) is 0 Å². The first kappa shape index (κ1) is 15.0. The Balaban J connectivity index is 1.94. The van der Waals surface area contributed by atoms with Gasteiger partial charge in [0.05, 0.1) is 0 Å². The van der Waals surface area contributed by atoms with Crippen LogP contribution in [0.4, 0.5) is 4.39 Å². The number of amides is 1. The molecule has 4 nitrogen and oxygen atoms in total. The monoisotopic (exact) mass is 309 g/mol. The summed E-state index contributed by atoms with van der Waals surface area (Å²) in [5, 5.41) is 2.97. The number of benzene rings is 2. The fraction of sp³-hybridized carbons (Fsp3) is 0.111. The van der Waals surface area contributed by atoms with E-state index in [2.05, 4.69) is 10.3 Å². The maximum Gasteiger partial charge on any atom is 0.252 e. The van der Waals surface area contributed by atoms with Gasteiger partial charge in [-0.05, 0) is 29.8 Å². The van der Waals surface area contributed by atoms with Crippen molar-refractivity contribution < 1.29 is 9.18 Å². The summed E-state index contributed by atoms with van der Waals surface area (Å²) in [7, 11) is 1.85. The van der Waals surface area contributed by atoms with Crippen molar-refractivity contribution in [3.05, 3.63) is 89.8 Å². The summed E-state index contributed by atoms with van der Waals surface area (Å²) in [4.78, 5) is 16.8. The van der Waals surface area contributed by atoms with Gasteiger partial charge in [-0.15, -0.1) is 0 Å². The highest BCUT2D eigenvalue weighted by Gasteiger charge is 2.21. The van der Waals surface area contributed by atoms with Crippen LogP contribution in [-0.4, -0.2) is 15.5 Å². The third-order valence-electron chi connectivity index (χ3n) is 3.63. The van der Waals surface area contributed by atoms with Gasteiger partial charge in [-0.3, -0.25) is 4.79 Å². The van der Waals surface area contributed by atoms with Gasteiger partial charge in [-0.25, -0.2) is 9.37 Å². The molecule has 2 aromatic carbocycles. The van der Waals surface area contributed by atoms with Crippen molar-refractivity contribution in [1.29, 1.82) is 0 Å². The van der Waals surface area contributed by atoms with Crippen LogP contribution in [0.3, 0.4) is 0 Å². The molecular formula is C18H16FN3O. The summed E-state index contributed by atoms with van der Waals surface area (Å²) in [6.45, 7) is 0. The van der Waals surface area contributed by atoms with Crippen LogP contribution in [0.1, 0.15) is 27.8 Å². The van der Waals surface area contributed by atoms with E-state index in [1.165, 1.54) is 12.1 Å². The van der Waals surface area contributed by atoms with E-state index < -0.39 is 6.04 Å². The zero-order chi connectivity index (χ0) is 16.2. The predicted molar refractivity (Wildman–Crippen MR) is 85.4 cm³/mol. The standard InChI is InChI=1S/C18H16FN3O/c1-22-12-11-20-17(22)16(13-7-9-15(19)10-8-13)21-18(23)14-5-3-2-4-6-14/h2-12,16H,1H3,(H,21,23)/t16-/m0/s1. The van der Waals surface area contributed by atoms with E-state index in [1.807, 2.05) is 29.8 Å². The quantitative estimate of drug-likeness (QED) is 0.805. The van der Waals surface area contributed by atoms with Crippen LogP contribution in [-0.2, 0) is 7.05 Å². The Kier molecular flexibility index (Phi) is 4.19. The molecule has 23 heavy (non-hydrogen) atoms. The number of carbonyl (C=O) groups excluding carboxylic acids is 1. The number of hydrogen-bond donors (Lipinski definition) is 1. The van der Waals surface area contributed by atoms with Gasteiger partial charge in [0.2, 0.25) is 0 Å². The molecule has 116 valence electrons. The van der Waals surface area contributed by atoms with Crippen molar-refractivity contribution in [3.8, 4) is 0 Å². The first-order chi connectivity index (χ1) is 11.1. The molecule has 1 atom stereocenters. The topological polar surface area (TPSA) is 46.9 Å². The molecule has 0 saturated heterocycles. The molecule has 0 aliphatic rings. The molecule has 3 aromatic rings. The molecule has 0 aliphatic heterocycles. The molecular weight excluding hydrogens is 293 g/mol. The zero-order valence-electron chi connectivity index (χ0n) is 12.6. The van der Waals surface area contributed by atoms with Crippen LogP contribution >= 0.6 is 0 Å². The second kappa shape index (κ2) is 6.44. The predicted octanol–water partition coefficient (Wildman–Crippen LogP) is 3.08. The van der Waals surface area contributed by atoms with Gasteiger partial charge in [0.15, 0.2) is 0 Å². The smallest absolute Gasteiger partial charge is 0.252 e. The summed E-state index contributed by atoms with van der Waals surface area (Å²) in [5.41, 5.74) is 1.33. The molecule has 0 bridgehead atoms. The molecule has 3 rings (SSSR count). The van der Waals surface area contributed by atoms with Crippen molar-refractivity contribution in [2.24, 2.45) is 7.05 Å². The van der Waals surface area contributed by atoms with Crippen LogP contribution in [0.2, 0.25) is 0 Å². The van der Waals surface area contributed by atoms with Crippen LogP contribution in [0, 0.1) is 5.82 Å². The Morgan fingerprint density at radius 3 is 2.43 bits per heavy atom. The fourth-order valence-corrected chi connectivity index (χ4v) is 2.41. The van der Waals surface area contributed by atoms with Gasteiger partial charge in [0.25, 0.3) is 5.91 Å². The number of rotatable bonds is 4. The lowest BCUT2D eigenvalue weighted by Crippen LogP contribution is -2.31. The molecule has 5 heteroatoms. The first-order valence-electron chi connectivity index (χ1n) is 7.24. The molecule has 1 heterocycles. The lowest BCUT2D eigenvalue weighted by molar-refractivity contribution is 0.0941. The van der Waals surface area contributed by atoms with Gasteiger partial charge in [-0.2, -0.15) is 0 Å². The van der Waals surface area contributed by atoms with Crippen molar-refractivity contribution in [2.75, 3.05) is 0 Å². The average molecular weight is 309 g/mol. The molecule has 1 amide bonds. The molecule has 0 radical (unpaired) electrons. The number of aromatic nitrogens is 2. The average Bonchev–Trinajstić information content (AvgIpc) is 3.00. The van der Waals surface area contributed by atoms with Crippen LogP contribution in [0.15, 0.2) is 67.0 Å². The largest absolute Gasteiger partial charge is 0.338 e. The van der Waals surface area contributed by atoms with Gasteiger partial charge in [0.1, 0.15) is 17.7 Å². The van der Waals surface area contributed by atoms with Crippen LogP contribution in [0.5, 0.6) is 0 Å². The highest BCUT2D eigenvalue weighted by Crippen LogP contribution is 2.21. The SMILES string of the molecule is Cn1ccnc1[C@@H](NC(=O)c1ccccc1)c1ccc(F)cc1. The summed E-state index contributed by atoms with van der Waals surface area (Å²) < 4.78 is 15.0. The number of carbonyl (C=O) groups is 1. The van der Waals surface area contributed by atoms with Gasteiger partial charge in [-0.1, -0.05) is 30.3 Å². The van der Waals surface area contributed by atoms with Crippen molar-refractivity contribution >= 4 is 5.91 Å². The molecule has 0 unspecified atom stereocenters. The number of hydrogen-bond acceptors (Lipinski definition) is 2. The number of halogens is 1. The van der Waals surface area contributed by atoms with Gasteiger partial charge >= 0.3 is 0 Å². The molecule has 0 fully saturated rings. The normalized spacial score (nSPS) is 11.9. The minimum Gasteiger partial charge on any atom is -0.338 e. The molecule has 1 aromatic heterocycles. The number of nitrogens with one attached hydrogen (secondary N) is 1. The Hall–Kier alpha value is -2.95. The third-order valence-corrected chi connectivity index (χ3v) is 3.63. The lowest BCUT2D eigenvalue weighted by atomic mass is 10.1. The summed E-state index contributed by atoms with van der Waals surface area (Å²) in [5.74, 6) is 0.158. The Labute approximate surface area is 133 Å². The third kappa shape index (κ3) is 3.29. The summed E-state index contributed by atoms with van der Waals surface area (Å²) >= 11 is 0. The van der Waals surface area contributed by atoms with E-state index >= 15 is 0 Å². The number of nitrogens with zero attached hydrogens (tertiary/aromatic N) is 2. The summed E-state index contributed by atoms with van der Waals surface area (Å²) in [6.07, 6.45) is 3.47. The zero-order valence-corrected chi connectivity index (χ0v) is 12.6. The number of imidazole rings is 1. The van der Waals surface area contributed by atoms with E-state index in [1.54, 1.807) is 36.7 Å². The van der Waals surface area contributed by atoms with E-state index in [0.29, 0.717) is 11.4 Å². The van der Waals surface area contributed by atoms with E-state index in [9.17, 15) is 9.18 Å². The van der Waals surface area contributed by atoms with Gasteiger partial charge < -0.3 is 9.88 Å². The Morgan fingerprint density at radius 1 is 1.13 bits per heavy atom. The molecule has 0 aliphatic carbocycles. The Morgan fingerprint density at radius 2 is 1.83 bits per heavy atom. The second-order valence-corrected chi connectivity index (χ2v) is 5.22. The lowest BCUT2D eigenvalue weighted by Gasteiger charge is -2.19. The fourth-order valence-electron chi connectivity index (χ4n) is 2.41. The Bertz CT molecular complexity index is 797. The van der Waals surface area contributed by atoms with Crippen molar-refractivity contribution in [1.82, 2.24) is 14.9 Å². The maximum absolute atomic E-state index is 13.2. The summed E-state index contributed by atoms with van der Waals surface area (Å²) in [6, 6.07) is 14.6. The molecule has 1 N–H and O–H groups in total. The van der Waals surface area contributed by atoms with Gasteiger partial charge in [0, 0.05) is 25.0 Å². The minimum atomic E-state index is -0.455. The maximum atomic E-state index is 13.2. The van der Waals surface area contributed by atoms with E-state index in [-0.39, 0.29) is 11.7 Å². The minimum absolute atomic E-state index is 0.206. The first-order valence-corrected chi connectivity index (χ1v) is 7.24.